The highest BCUT2D eigenvalue weighted by Gasteiger charge is 2.18. The van der Waals surface area contributed by atoms with Gasteiger partial charge < -0.3 is 10.2 Å². The van der Waals surface area contributed by atoms with Gasteiger partial charge in [-0.05, 0) is 37.3 Å². The summed E-state index contributed by atoms with van der Waals surface area (Å²) in [5.41, 5.74) is 3.68. The minimum atomic E-state index is 0.119. The Morgan fingerprint density at radius 1 is 0.958 bits per heavy atom. The van der Waals surface area contributed by atoms with Crippen molar-refractivity contribution in [1.29, 1.82) is 0 Å². The molecule has 0 atom stereocenters. The van der Waals surface area contributed by atoms with E-state index in [0.29, 0.717) is 22.6 Å². The second-order valence-corrected chi connectivity index (χ2v) is 5.65. The summed E-state index contributed by atoms with van der Waals surface area (Å²) < 4.78 is 1.90. The first kappa shape index (κ1) is 14.3. The molecule has 3 aromatic heterocycles. The fraction of sp³-hybridized carbons (Fsp3) is 0.0526. The third-order valence-electron chi connectivity index (χ3n) is 3.99. The van der Waals surface area contributed by atoms with E-state index in [-0.39, 0.29) is 11.5 Å². The average molecular weight is 317 g/mol. The maximum absolute atomic E-state index is 10.3. The van der Waals surface area contributed by atoms with Gasteiger partial charge in [-0.2, -0.15) is 0 Å². The van der Waals surface area contributed by atoms with Crippen LogP contribution in [0.4, 0.5) is 0 Å². The molecule has 24 heavy (non-hydrogen) atoms. The number of fused-ring (bicyclic) bond motifs is 1. The van der Waals surface area contributed by atoms with Crippen LogP contribution in [0.5, 0.6) is 11.5 Å². The summed E-state index contributed by atoms with van der Waals surface area (Å²) >= 11 is 0. The second kappa shape index (κ2) is 5.38. The number of hydrogen-bond acceptors (Lipinski definition) is 4. The van der Waals surface area contributed by atoms with Crippen molar-refractivity contribution in [2.24, 2.45) is 0 Å². The Kier molecular flexibility index (Phi) is 3.20. The van der Waals surface area contributed by atoms with Gasteiger partial charge >= 0.3 is 0 Å². The van der Waals surface area contributed by atoms with Crippen LogP contribution in [0.3, 0.4) is 0 Å². The topological polar surface area (TPSA) is 70.7 Å². The molecule has 0 fully saturated rings. The van der Waals surface area contributed by atoms with Crippen LogP contribution in [-0.4, -0.2) is 24.6 Å². The lowest BCUT2D eigenvalue weighted by Gasteiger charge is -2.05. The van der Waals surface area contributed by atoms with Crippen LogP contribution in [-0.2, 0) is 0 Å². The molecule has 0 amide bonds. The molecule has 5 nitrogen and oxygen atoms in total. The quantitative estimate of drug-likeness (QED) is 0.590. The van der Waals surface area contributed by atoms with E-state index >= 15 is 0 Å². The molecule has 0 aliphatic carbocycles. The molecule has 0 radical (unpaired) electrons. The zero-order chi connectivity index (χ0) is 16.7. The Balaban J connectivity index is 2.06. The van der Waals surface area contributed by atoms with Crippen LogP contribution in [0, 0.1) is 6.92 Å². The SMILES string of the molecule is Cc1ccc(O)c(-c2nc(-c3cnccc3O)c3ccccn23)c1. The van der Waals surface area contributed by atoms with Gasteiger partial charge in [-0.25, -0.2) is 4.98 Å². The number of aryl methyl sites for hydroxylation is 1. The monoisotopic (exact) mass is 317 g/mol. The van der Waals surface area contributed by atoms with Gasteiger partial charge in [0.25, 0.3) is 0 Å². The summed E-state index contributed by atoms with van der Waals surface area (Å²) in [6.07, 6.45) is 5.01. The zero-order valence-electron chi connectivity index (χ0n) is 13.0. The van der Waals surface area contributed by atoms with Crippen molar-refractivity contribution in [3.8, 4) is 34.1 Å². The molecule has 2 N–H and O–H groups in total. The Morgan fingerprint density at radius 3 is 2.62 bits per heavy atom. The molecule has 0 unspecified atom stereocenters. The molecule has 118 valence electrons. The summed E-state index contributed by atoms with van der Waals surface area (Å²) in [5, 5.41) is 20.4. The van der Waals surface area contributed by atoms with E-state index in [4.69, 9.17) is 4.98 Å². The molecule has 0 saturated carbocycles. The van der Waals surface area contributed by atoms with E-state index in [1.807, 2.05) is 47.9 Å². The molecule has 0 aliphatic rings. The van der Waals surface area contributed by atoms with Crippen molar-refractivity contribution < 1.29 is 10.2 Å². The second-order valence-electron chi connectivity index (χ2n) is 5.65. The predicted molar refractivity (Wildman–Crippen MR) is 91.9 cm³/mol. The van der Waals surface area contributed by atoms with Gasteiger partial charge in [0.2, 0.25) is 0 Å². The first-order valence-corrected chi connectivity index (χ1v) is 7.55. The number of aromatic hydroxyl groups is 2. The number of imidazole rings is 1. The van der Waals surface area contributed by atoms with E-state index in [2.05, 4.69) is 4.98 Å². The van der Waals surface area contributed by atoms with Gasteiger partial charge in [0.1, 0.15) is 23.0 Å². The first-order chi connectivity index (χ1) is 11.6. The summed E-state index contributed by atoms with van der Waals surface area (Å²) in [6, 6.07) is 12.7. The summed E-state index contributed by atoms with van der Waals surface area (Å²) in [7, 11) is 0. The molecule has 0 spiro atoms. The van der Waals surface area contributed by atoms with Gasteiger partial charge in [-0.1, -0.05) is 17.7 Å². The fourth-order valence-corrected chi connectivity index (χ4v) is 2.82. The molecule has 0 aliphatic heterocycles. The number of phenolic OH excluding ortho intramolecular Hbond substituents is 1. The highest BCUT2D eigenvalue weighted by atomic mass is 16.3. The van der Waals surface area contributed by atoms with E-state index < -0.39 is 0 Å². The van der Waals surface area contributed by atoms with Crippen LogP contribution in [0.2, 0.25) is 0 Å². The lowest BCUT2D eigenvalue weighted by Crippen LogP contribution is -1.89. The molecule has 0 bridgehead atoms. The molecular weight excluding hydrogens is 302 g/mol. The zero-order valence-corrected chi connectivity index (χ0v) is 13.0. The van der Waals surface area contributed by atoms with E-state index in [0.717, 1.165) is 11.1 Å². The number of benzene rings is 1. The normalized spacial score (nSPS) is 11.0. The third kappa shape index (κ3) is 2.18. The molecule has 4 rings (SSSR count). The number of nitrogens with zero attached hydrogens (tertiary/aromatic N) is 3. The van der Waals surface area contributed by atoms with Crippen molar-refractivity contribution in [3.63, 3.8) is 0 Å². The Labute approximate surface area is 138 Å². The first-order valence-electron chi connectivity index (χ1n) is 7.55. The minimum absolute atomic E-state index is 0.119. The maximum Gasteiger partial charge on any atom is 0.149 e. The lowest BCUT2D eigenvalue weighted by molar-refractivity contribution is 0.476. The fourth-order valence-electron chi connectivity index (χ4n) is 2.82. The molecule has 5 heteroatoms. The predicted octanol–water partition coefficient (Wildman–Crippen LogP) is 3.78. The Morgan fingerprint density at radius 2 is 1.79 bits per heavy atom. The number of phenols is 1. The molecule has 3 heterocycles. The van der Waals surface area contributed by atoms with Crippen LogP contribution in [0.25, 0.3) is 28.2 Å². The van der Waals surface area contributed by atoms with Crippen molar-refractivity contribution >= 4 is 5.52 Å². The van der Waals surface area contributed by atoms with E-state index in [1.165, 1.54) is 12.3 Å². The number of aromatic nitrogens is 3. The summed E-state index contributed by atoms with van der Waals surface area (Å²) in [6.45, 7) is 1.96. The summed E-state index contributed by atoms with van der Waals surface area (Å²) in [4.78, 5) is 8.78. The summed E-state index contributed by atoms with van der Waals surface area (Å²) in [5.74, 6) is 0.900. The Hall–Kier alpha value is -3.34. The van der Waals surface area contributed by atoms with Crippen molar-refractivity contribution in [1.82, 2.24) is 14.4 Å². The van der Waals surface area contributed by atoms with Crippen LogP contribution in [0.15, 0.2) is 61.1 Å². The lowest BCUT2D eigenvalue weighted by atomic mass is 10.1. The standard InChI is InChI=1S/C19H15N3O2/c1-12-5-6-16(23)13(10-12)19-21-18(14-11-20-8-7-17(14)24)15-4-2-3-9-22(15)19/h2-11,23H,1H3,(H,20,24). The van der Waals surface area contributed by atoms with Crippen LogP contribution in [0.1, 0.15) is 5.56 Å². The molecule has 1 aromatic carbocycles. The van der Waals surface area contributed by atoms with Gasteiger partial charge in [0.05, 0.1) is 16.6 Å². The van der Waals surface area contributed by atoms with Crippen molar-refractivity contribution in [2.75, 3.05) is 0 Å². The van der Waals surface area contributed by atoms with Gasteiger partial charge in [0, 0.05) is 18.6 Å². The number of hydrogen-bond donors (Lipinski definition) is 2. The third-order valence-corrected chi connectivity index (χ3v) is 3.99. The smallest absolute Gasteiger partial charge is 0.149 e. The largest absolute Gasteiger partial charge is 0.507 e. The molecule has 0 saturated heterocycles. The molecular formula is C19H15N3O2. The van der Waals surface area contributed by atoms with Gasteiger partial charge in [-0.15, -0.1) is 0 Å². The van der Waals surface area contributed by atoms with Gasteiger partial charge in [0.15, 0.2) is 0 Å². The highest BCUT2D eigenvalue weighted by molar-refractivity contribution is 5.84. The van der Waals surface area contributed by atoms with Gasteiger partial charge in [-0.3, -0.25) is 9.38 Å². The number of pyridine rings is 2. The average Bonchev–Trinajstić information content (AvgIpc) is 2.97. The van der Waals surface area contributed by atoms with E-state index in [9.17, 15) is 10.2 Å². The minimum Gasteiger partial charge on any atom is -0.507 e. The number of rotatable bonds is 2. The van der Waals surface area contributed by atoms with Crippen LogP contribution < -0.4 is 0 Å². The van der Waals surface area contributed by atoms with Crippen LogP contribution >= 0.6 is 0 Å². The van der Waals surface area contributed by atoms with Crippen molar-refractivity contribution in [3.05, 3.63) is 66.6 Å². The Bertz CT molecular complexity index is 1050. The highest BCUT2D eigenvalue weighted by Crippen LogP contribution is 2.36. The van der Waals surface area contributed by atoms with Crippen molar-refractivity contribution in [2.45, 2.75) is 6.92 Å². The molecule has 4 aromatic rings. The van der Waals surface area contributed by atoms with E-state index in [1.54, 1.807) is 12.3 Å². The maximum atomic E-state index is 10.3.